The number of hydrogen-bond acceptors (Lipinski definition) is 5. The number of piperidine rings is 1. The molecule has 0 bridgehead atoms. The third-order valence-electron chi connectivity index (χ3n) is 5.08. The summed E-state index contributed by atoms with van der Waals surface area (Å²) in [5, 5.41) is 3.35. The molecule has 1 amide bonds. The van der Waals surface area contributed by atoms with Gasteiger partial charge in [0, 0.05) is 32.5 Å². The molecule has 25 heavy (non-hydrogen) atoms. The maximum Gasteiger partial charge on any atom is 0.238 e. The lowest BCUT2D eigenvalue weighted by molar-refractivity contribution is -0.145. The van der Waals surface area contributed by atoms with Gasteiger partial charge in [-0.05, 0) is 37.5 Å². The Bertz CT molecular complexity index is 619. The lowest BCUT2D eigenvalue weighted by atomic mass is 9.86. The molecule has 6 nitrogen and oxygen atoms in total. The number of nitrogens with one attached hydrogen (secondary N) is 1. The molecule has 1 aromatic carbocycles. The second-order valence-electron chi connectivity index (χ2n) is 6.62. The van der Waals surface area contributed by atoms with Crippen LogP contribution in [0, 0.1) is 0 Å². The zero-order valence-corrected chi connectivity index (χ0v) is 15.5. The van der Waals surface area contributed by atoms with Crippen molar-refractivity contribution in [2.45, 2.75) is 31.0 Å². The predicted octanol–water partition coefficient (Wildman–Crippen LogP) is 2.56. The number of halogens is 1. The first-order chi connectivity index (χ1) is 12.1. The van der Waals surface area contributed by atoms with E-state index < -0.39 is 0 Å². The Kier molecular flexibility index (Phi) is 5.84. The van der Waals surface area contributed by atoms with Crippen molar-refractivity contribution in [2.24, 2.45) is 0 Å². The molecule has 2 saturated heterocycles. The van der Waals surface area contributed by atoms with Gasteiger partial charge in [0.2, 0.25) is 5.91 Å². The van der Waals surface area contributed by atoms with E-state index in [1.807, 2.05) is 0 Å². The van der Waals surface area contributed by atoms with Gasteiger partial charge in [-0.1, -0.05) is 11.6 Å². The van der Waals surface area contributed by atoms with E-state index in [1.165, 1.54) is 0 Å². The quantitative estimate of drug-likeness (QED) is 0.865. The summed E-state index contributed by atoms with van der Waals surface area (Å²) in [5.41, 5.74) is 0.498. The van der Waals surface area contributed by atoms with Crippen LogP contribution >= 0.6 is 11.6 Å². The van der Waals surface area contributed by atoms with Crippen molar-refractivity contribution in [3.05, 3.63) is 23.2 Å². The molecular formula is C18H25ClN2O4. The summed E-state index contributed by atoms with van der Waals surface area (Å²) in [6.45, 7) is 2.65. The highest BCUT2D eigenvalue weighted by atomic mass is 35.5. The number of benzene rings is 1. The smallest absolute Gasteiger partial charge is 0.238 e. The first kappa shape index (κ1) is 18.5. The maximum absolute atomic E-state index is 12.4. The fourth-order valence-corrected chi connectivity index (χ4v) is 4.01. The zero-order valence-electron chi connectivity index (χ0n) is 14.7. The fourth-order valence-electron chi connectivity index (χ4n) is 3.75. The van der Waals surface area contributed by atoms with Crippen LogP contribution < -0.4 is 10.1 Å². The number of amides is 1. The van der Waals surface area contributed by atoms with Gasteiger partial charge in [-0.2, -0.15) is 0 Å². The number of methoxy groups -OCH3 is 2. The molecule has 0 saturated carbocycles. The Hall–Kier alpha value is -1.34. The molecule has 0 radical (unpaired) electrons. The molecule has 2 heterocycles. The standard InChI is InChI=1S/C18H25ClN2O4/c1-23-15-5-4-13(10-14(15)19)20-17(22)12-21-8-7-18(6-3-9-25-18)16(11-21)24-2/h4-5,10,16H,3,6-9,11-12H2,1-2H3,(H,20,22). The van der Waals surface area contributed by atoms with E-state index in [2.05, 4.69) is 10.2 Å². The van der Waals surface area contributed by atoms with Crippen molar-refractivity contribution in [3.8, 4) is 5.75 Å². The summed E-state index contributed by atoms with van der Waals surface area (Å²) < 4.78 is 16.8. The molecule has 2 fully saturated rings. The molecule has 2 unspecified atom stereocenters. The molecule has 0 aliphatic carbocycles. The van der Waals surface area contributed by atoms with Crippen LogP contribution in [-0.4, -0.2) is 63.0 Å². The van der Waals surface area contributed by atoms with E-state index in [0.29, 0.717) is 29.5 Å². The van der Waals surface area contributed by atoms with Crippen LogP contribution in [0.5, 0.6) is 5.75 Å². The van der Waals surface area contributed by atoms with Gasteiger partial charge in [-0.25, -0.2) is 0 Å². The van der Waals surface area contributed by atoms with Gasteiger partial charge in [0.1, 0.15) is 5.75 Å². The second-order valence-corrected chi connectivity index (χ2v) is 7.03. The molecule has 1 aromatic rings. The van der Waals surface area contributed by atoms with Gasteiger partial charge in [0.05, 0.1) is 30.4 Å². The second kappa shape index (κ2) is 7.91. The molecule has 1 N–H and O–H groups in total. The first-order valence-corrected chi connectivity index (χ1v) is 8.96. The number of ether oxygens (including phenoxy) is 3. The highest BCUT2D eigenvalue weighted by Crippen LogP contribution is 2.37. The van der Waals surface area contributed by atoms with Crippen LogP contribution in [0.3, 0.4) is 0 Å². The molecule has 0 aromatic heterocycles. The summed E-state index contributed by atoms with van der Waals surface area (Å²) in [7, 11) is 3.28. The molecule has 2 atom stereocenters. The fraction of sp³-hybridized carbons (Fsp3) is 0.611. The van der Waals surface area contributed by atoms with Crippen LogP contribution in [0.15, 0.2) is 18.2 Å². The van der Waals surface area contributed by atoms with Crippen LogP contribution in [-0.2, 0) is 14.3 Å². The van der Waals surface area contributed by atoms with Crippen molar-refractivity contribution < 1.29 is 19.0 Å². The SMILES string of the molecule is COc1ccc(NC(=O)CN2CCC3(CCCO3)C(OC)C2)cc1Cl. The van der Waals surface area contributed by atoms with Crippen LogP contribution in [0.4, 0.5) is 5.69 Å². The van der Waals surface area contributed by atoms with E-state index in [0.717, 1.165) is 32.4 Å². The van der Waals surface area contributed by atoms with Gasteiger partial charge >= 0.3 is 0 Å². The summed E-state index contributed by atoms with van der Waals surface area (Å²) in [4.78, 5) is 14.5. The molecule has 138 valence electrons. The van der Waals surface area contributed by atoms with Crippen molar-refractivity contribution in [3.63, 3.8) is 0 Å². The largest absolute Gasteiger partial charge is 0.495 e. The van der Waals surface area contributed by atoms with E-state index in [4.69, 9.17) is 25.8 Å². The van der Waals surface area contributed by atoms with Gasteiger partial charge in [0.25, 0.3) is 0 Å². The third kappa shape index (κ3) is 4.08. The molecular weight excluding hydrogens is 344 g/mol. The monoisotopic (exact) mass is 368 g/mol. The number of anilines is 1. The minimum Gasteiger partial charge on any atom is -0.495 e. The van der Waals surface area contributed by atoms with Crippen molar-refractivity contribution in [1.29, 1.82) is 0 Å². The minimum atomic E-state index is -0.161. The predicted molar refractivity (Wildman–Crippen MR) is 96.4 cm³/mol. The normalized spacial score (nSPS) is 26.8. The van der Waals surface area contributed by atoms with Gasteiger partial charge < -0.3 is 19.5 Å². The molecule has 7 heteroatoms. The van der Waals surface area contributed by atoms with E-state index >= 15 is 0 Å². The van der Waals surface area contributed by atoms with Crippen molar-refractivity contribution in [2.75, 3.05) is 45.8 Å². The van der Waals surface area contributed by atoms with E-state index in [1.54, 1.807) is 32.4 Å². The Morgan fingerprint density at radius 1 is 1.44 bits per heavy atom. The molecule has 2 aliphatic rings. The molecule has 1 spiro atoms. The Morgan fingerprint density at radius 3 is 2.92 bits per heavy atom. The number of nitrogens with zero attached hydrogens (tertiary/aromatic N) is 1. The van der Waals surface area contributed by atoms with Crippen molar-refractivity contribution in [1.82, 2.24) is 4.90 Å². The molecule has 2 aliphatic heterocycles. The topological polar surface area (TPSA) is 60.0 Å². The highest BCUT2D eigenvalue weighted by Gasteiger charge is 2.46. The number of likely N-dealkylation sites (tertiary alicyclic amines) is 1. The molecule has 3 rings (SSSR count). The van der Waals surface area contributed by atoms with Crippen LogP contribution in [0.1, 0.15) is 19.3 Å². The van der Waals surface area contributed by atoms with Gasteiger partial charge in [-0.3, -0.25) is 9.69 Å². The average molecular weight is 369 g/mol. The number of carbonyl (C=O) groups excluding carboxylic acids is 1. The van der Waals surface area contributed by atoms with E-state index in [-0.39, 0.29) is 17.6 Å². The van der Waals surface area contributed by atoms with Crippen molar-refractivity contribution >= 4 is 23.2 Å². The summed E-state index contributed by atoms with van der Waals surface area (Å²) in [6, 6.07) is 5.20. The lowest BCUT2D eigenvalue weighted by Gasteiger charge is -2.44. The maximum atomic E-state index is 12.4. The van der Waals surface area contributed by atoms with Crippen LogP contribution in [0.2, 0.25) is 5.02 Å². The Balaban J connectivity index is 1.55. The first-order valence-electron chi connectivity index (χ1n) is 8.59. The number of hydrogen-bond donors (Lipinski definition) is 1. The summed E-state index contributed by atoms with van der Waals surface area (Å²) >= 11 is 6.09. The Morgan fingerprint density at radius 2 is 2.28 bits per heavy atom. The third-order valence-corrected chi connectivity index (χ3v) is 5.38. The van der Waals surface area contributed by atoms with Crippen LogP contribution in [0.25, 0.3) is 0 Å². The Labute approximate surface area is 153 Å². The summed E-state index contributed by atoms with van der Waals surface area (Å²) in [5.74, 6) is 0.514. The summed E-state index contributed by atoms with van der Waals surface area (Å²) in [6.07, 6.45) is 3.02. The van der Waals surface area contributed by atoms with Gasteiger partial charge in [-0.15, -0.1) is 0 Å². The average Bonchev–Trinajstić information content (AvgIpc) is 3.06. The number of rotatable bonds is 5. The minimum absolute atomic E-state index is 0.00646. The number of carbonyl (C=O) groups is 1. The lowest BCUT2D eigenvalue weighted by Crippen LogP contribution is -2.57. The van der Waals surface area contributed by atoms with E-state index in [9.17, 15) is 4.79 Å². The highest BCUT2D eigenvalue weighted by molar-refractivity contribution is 6.32. The van der Waals surface area contributed by atoms with Gasteiger partial charge in [0.15, 0.2) is 0 Å². The zero-order chi connectivity index (χ0) is 17.9.